The average molecular weight is 476 g/mol. The maximum atomic E-state index is 13.4. The number of nitrogens with zero attached hydrogens (tertiary/aromatic N) is 5. The van der Waals surface area contributed by atoms with Crippen LogP contribution in [0.5, 0.6) is 0 Å². The molecule has 1 amide bonds. The molecule has 4 heterocycles. The Bertz CT molecular complexity index is 939. The number of carbonyl (C=O) groups excluding carboxylic acids is 1. The zero-order valence-electron chi connectivity index (χ0n) is 20.6. The molecule has 0 radical (unpaired) electrons. The Balaban J connectivity index is 1.41. The highest BCUT2D eigenvalue weighted by molar-refractivity contribution is 6.31. The van der Waals surface area contributed by atoms with Gasteiger partial charge in [0.2, 0.25) is 5.91 Å². The number of amides is 1. The molecule has 0 saturated carbocycles. The third-order valence-electron chi connectivity index (χ3n) is 7.40. The molecule has 0 bridgehead atoms. The molecular formula is C25H38ClN5O2. The average Bonchev–Trinajstić information content (AvgIpc) is 3.41. The molecule has 0 unspecified atom stereocenters. The van der Waals surface area contributed by atoms with Crippen molar-refractivity contribution in [2.75, 3.05) is 32.7 Å². The molecule has 2 aromatic heterocycles. The molecule has 4 rings (SSSR count). The van der Waals surface area contributed by atoms with Gasteiger partial charge < -0.3 is 14.3 Å². The number of aromatic nitrogens is 3. The van der Waals surface area contributed by atoms with Crippen LogP contribution < -0.4 is 0 Å². The Labute approximate surface area is 202 Å². The van der Waals surface area contributed by atoms with E-state index in [1.807, 2.05) is 6.92 Å². The van der Waals surface area contributed by atoms with Gasteiger partial charge in [0.25, 0.3) is 0 Å². The van der Waals surface area contributed by atoms with Gasteiger partial charge >= 0.3 is 0 Å². The molecule has 182 valence electrons. The summed E-state index contributed by atoms with van der Waals surface area (Å²) in [6.45, 7) is 14.7. The van der Waals surface area contributed by atoms with Crippen molar-refractivity contribution in [2.45, 2.75) is 72.8 Å². The number of likely N-dealkylation sites (tertiary alicyclic amines) is 2. The summed E-state index contributed by atoms with van der Waals surface area (Å²) in [7, 11) is 0. The van der Waals surface area contributed by atoms with Gasteiger partial charge in [-0.25, -0.2) is 0 Å². The maximum absolute atomic E-state index is 13.4. The van der Waals surface area contributed by atoms with Gasteiger partial charge in [-0.05, 0) is 69.5 Å². The summed E-state index contributed by atoms with van der Waals surface area (Å²) < 4.78 is 6.73. The standard InChI is InChI=1S/C25H38ClN5O2/c1-5-31-23(26)19(22(27-31)20-7-16-33-28-20)17-21(32)30-12-6-8-25(18-30)10-14-29(15-11-25)13-9-24(2,3)4/h7,16H,5-6,8-15,17-18H2,1-4H3. The van der Waals surface area contributed by atoms with E-state index in [1.165, 1.54) is 38.5 Å². The van der Waals surface area contributed by atoms with E-state index in [0.717, 1.165) is 38.2 Å². The molecule has 2 aliphatic heterocycles. The van der Waals surface area contributed by atoms with Crippen molar-refractivity contribution in [1.29, 1.82) is 0 Å². The van der Waals surface area contributed by atoms with Crippen molar-refractivity contribution >= 4 is 17.5 Å². The van der Waals surface area contributed by atoms with Crippen molar-refractivity contribution in [2.24, 2.45) is 10.8 Å². The van der Waals surface area contributed by atoms with Crippen LogP contribution in [-0.4, -0.2) is 63.4 Å². The van der Waals surface area contributed by atoms with Gasteiger partial charge in [0.1, 0.15) is 22.8 Å². The summed E-state index contributed by atoms with van der Waals surface area (Å²) in [6, 6.07) is 1.76. The molecule has 8 heteroatoms. The van der Waals surface area contributed by atoms with Crippen LogP contribution in [0, 0.1) is 10.8 Å². The predicted molar refractivity (Wildman–Crippen MR) is 130 cm³/mol. The number of aryl methyl sites for hydroxylation is 1. The van der Waals surface area contributed by atoms with Crippen molar-refractivity contribution in [3.05, 3.63) is 23.0 Å². The summed E-state index contributed by atoms with van der Waals surface area (Å²) in [5.41, 5.74) is 2.64. The molecule has 2 aliphatic rings. The Morgan fingerprint density at radius 3 is 2.61 bits per heavy atom. The first kappa shape index (κ1) is 24.3. The second-order valence-corrected chi connectivity index (χ2v) is 11.4. The highest BCUT2D eigenvalue weighted by Crippen LogP contribution is 2.40. The summed E-state index contributed by atoms with van der Waals surface area (Å²) in [6.07, 6.45) is 7.65. The van der Waals surface area contributed by atoms with Crippen LogP contribution in [0.15, 0.2) is 16.9 Å². The van der Waals surface area contributed by atoms with Crippen LogP contribution in [0.3, 0.4) is 0 Å². The Hall–Kier alpha value is -1.86. The fourth-order valence-corrected chi connectivity index (χ4v) is 5.54. The van der Waals surface area contributed by atoms with Crippen molar-refractivity contribution in [1.82, 2.24) is 24.7 Å². The van der Waals surface area contributed by atoms with Crippen LogP contribution >= 0.6 is 11.6 Å². The van der Waals surface area contributed by atoms with Gasteiger partial charge in [0.15, 0.2) is 0 Å². The van der Waals surface area contributed by atoms with E-state index >= 15 is 0 Å². The highest BCUT2D eigenvalue weighted by atomic mass is 35.5. The normalized spacial score (nSPS) is 19.4. The Morgan fingerprint density at radius 1 is 1.21 bits per heavy atom. The molecular weight excluding hydrogens is 438 g/mol. The first-order valence-corrected chi connectivity index (χ1v) is 12.7. The summed E-state index contributed by atoms with van der Waals surface area (Å²) in [5.74, 6) is 0.131. The Kier molecular flexibility index (Phi) is 7.20. The minimum atomic E-state index is 0.131. The van der Waals surface area contributed by atoms with Crippen LogP contribution in [0.1, 0.15) is 65.4 Å². The smallest absolute Gasteiger partial charge is 0.227 e. The molecule has 0 atom stereocenters. The number of rotatable bonds is 6. The fourth-order valence-electron chi connectivity index (χ4n) is 5.22. The summed E-state index contributed by atoms with van der Waals surface area (Å²) in [5, 5.41) is 9.12. The zero-order chi connectivity index (χ0) is 23.6. The van der Waals surface area contributed by atoms with Gasteiger partial charge in [0.05, 0.1) is 6.42 Å². The minimum absolute atomic E-state index is 0.131. The first-order valence-electron chi connectivity index (χ1n) is 12.4. The third-order valence-corrected chi connectivity index (χ3v) is 7.82. The number of halogens is 1. The lowest BCUT2D eigenvalue weighted by atomic mass is 9.72. The van der Waals surface area contributed by atoms with Gasteiger partial charge in [-0.15, -0.1) is 0 Å². The predicted octanol–water partition coefficient (Wildman–Crippen LogP) is 4.89. The SMILES string of the molecule is CCn1nc(-c2ccon2)c(CC(=O)N2CCCC3(CCN(CCC(C)(C)C)CC3)C2)c1Cl. The maximum Gasteiger partial charge on any atom is 0.227 e. The third kappa shape index (κ3) is 5.62. The topological polar surface area (TPSA) is 67.4 Å². The molecule has 0 aromatic carbocycles. The Morgan fingerprint density at radius 2 is 1.97 bits per heavy atom. The monoisotopic (exact) mass is 475 g/mol. The molecule has 1 spiro atoms. The van der Waals surface area contributed by atoms with E-state index in [1.54, 1.807) is 10.7 Å². The van der Waals surface area contributed by atoms with E-state index in [9.17, 15) is 4.79 Å². The lowest BCUT2D eigenvalue weighted by Gasteiger charge is -2.48. The second-order valence-electron chi connectivity index (χ2n) is 11.1. The lowest BCUT2D eigenvalue weighted by molar-refractivity contribution is -0.135. The van der Waals surface area contributed by atoms with E-state index in [-0.39, 0.29) is 17.7 Å². The lowest BCUT2D eigenvalue weighted by Crippen LogP contribution is -2.51. The molecule has 0 N–H and O–H groups in total. The van der Waals surface area contributed by atoms with E-state index in [4.69, 9.17) is 16.1 Å². The van der Waals surface area contributed by atoms with Gasteiger partial charge in [-0.2, -0.15) is 5.10 Å². The second kappa shape index (κ2) is 9.79. The fraction of sp³-hybridized carbons (Fsp3) is 0.720. The highest BCUT2D eigenvalue weighted by Gasteiger charge is 2.40. The molecule has 2 saturated heterocycles. The molecule has 0 aliphatic carbocycles. The molecule has 7 nitrogen and oxygen atoms in total. The summed E-state index contributed by atoms with van der Waals surface area (Å²) in [4.78, 5) is 18.1. The number of piperidine rings is 2. The quantitative estimate of drug-likeness (QED) is 0.594. The van der Waals surface area contributed by atoms with E-state index in [2.05, 4.69) is 40.8 Å². The van der Waals surface area contributed by atoms with E-state index < -0.39 is 0 Å². The van der Waals surface area contributed by atoms with Crippen molar-refractivity contribution < 1.29 is 9.32 Å². The minimum Gasteiger partial charge on any atom is -0.364 e. The van der Waals surface area contributed by atoms with Crippen LogP contribution in [-0.2, 0) is 17.8 Å². The van der Waals surface area contributed by atoms with Gasteiger partial charge in [0, 0.05) is 31.3 Å². The molecule has 2 aromatic rings. The zero-order valence-corrected chi connectivity index (χ0v) is 21.3. The van der Waals surface area contributed by atoms with Gasteiger partial charge in [-0.1, -0.05) is 37.5 Å². The van der Waals surface area contributed by atoms with Crippen molar-refractivity contribution in [3.63, 3.8) is 0 Å². The first-order chi connectivity index (χ1) is 15.7. The largest absolute Gasteiger partial charge is 0.364 e. The molecule has 2 fully saturated rings. The number of hydrogen-bond acceptors (Lipinski definition) is 5. The van der Waals surface area contributed by atoms with Crippen LogP contribution in [0.25, 0.3) is 11.4 Å². The van der Waals surface area contributed by atoms with Crippen LogP contribution in [0.2, 0.25) is 5.15 Å². The number of carbonyl (C=O) groups is 1. The van der Waals surface area contributed by atoms with Crippen molar-refractivity contribution in [3.8, 4) is 11.4 Å². The molecule has 33 heavy (non-hydrogen) atoms. The van der Waals surface area contributed by atoms with Crippen LogP contribution in [0.4, 0.5) is 0 Å². The number of hydrogen-bond donors (Lipinski definition) is 0. The summed E-state index contributed by atoms with van der Waals surface area (Å²) >= 11 is 6.62. The van der Waals surface area contributed by atoms with Gasteiger partial charge in [-0.3, -0.25) is 9.48 Å². The van der Waals surface area contributed by atoms with E-state index in [0.29, 0.717) is 28.5 Å².